The Morgan fingerprint density at radius 2 is 1.96 bits per heavy atom. The molecule has 1 aliphatic rings. The van der Waals surface area contributed by atoms with Crippen LogP contribution in [0.2, 0.25) is 0 Å². The molecular formula is C18H17NO3S3. The van der Waals surface area contributed by atoms with Gasteiger partial charge in [-0.15, -0.1) is 22.7 Å². The Labute approximate surface area is 154 Å². The van der Waals surface area contributed by atoms with Crippen LogP contribution in [0.25, 0.3) is 10.1 Å². The van der Waals surface area contributed by atoms with Gasteiger partial charge in [0.15, 0.2) is 9.84 Å². The molecule has 0 bridgehead atoms. The third-order valence-corrected chi connectivity index (χ3v) is 8.87. The fourth-order valence-corrected chi connectivity index (χ4v) is 7.22. The van der Waals surface area contributed by atoms with Gasteiger partial charge in [-0.3, -0.25) is 4.79 Å². The van der Waals surface area contributed by atoms with Crippen LogP contribution in [0, 0.1) is 0 Å². The third kappa shape index (κ3) is 3.23. The number of sulfone groups is 1. The highest BCUT2D eigenvalue weighted by molar-refractivity contribution is 7.91. The summed E-state index contributed by atoms with van der Waals surface area (Å²) >= 11 is 2.94. The molecule has 4 rings (SSSR count). The maximum atomic E-state index is 12.9. The largest absolute Gasteiger partial charge is 0.337 e. The number of rotatable bonds is 2. The van der Waals surface area contributed by atoms with Crippen molar-refractivity contribution in [1.82, 2.24) is 4.90 Å². The maximum absolute atomic E-state index is 12.9. The quantitative estimate of drug-likeness (QED) is 0.664. The van der Waals surface area contributed by atoms with E-state index in [1.54, 1.807) is 4.90 Å². The molecule has 1 aromatic carbocycles. The van der Waals surface area contributed by atoms with Crippen molar-refractivity contribution in [3.63, 3.8) is 0 Å². The van der Waals surface area contributed by atoms with E-state index >= 15 is 0 Å². The van der Waals surface area contributed by atoms with Crippen molar-refractivity contribution in [2.75, 3.05) is 18.8 Å². The maximum Gasteiger partial charge on any atom is 0.263 e. The first-order chi connectivity index (χ1) is 12.0. The zero-order valence-corrected chi connectivity index (χ0v) is 15.9. The predicted octanol–water partition coefficient (Wildman–Crippen LogP) is 3.96. The summed E-state index contributed by atoms with van der Waals surface area (Å²) in [5.41, 5.74) is 0. The molecular weight excluding hydrogens is 374 g/mol. The number of thiophene rings is 2. The second-order valence-corrected chi connectivity index (χ2v) is 10.5. The summed E-state index contributed by atoms with van der Waals surface area (Å²) in [5.74, 6) is -0.0464. The molecule has 0 spiro atoms. The van der Waals surface area contributed by atoms with E-state index in [0.29, 0.717) is 17.8 Å². The Kier molecular flexibility index (Phi) is 4.39. The average Bonchev–Trinajstić information content (AvgIpc) is 3.23. The molecule has 1 unspecified atom stereocenters. The summed E-state index contributed by atoms with van der Waals surface area (Å²) in [6, 6.07) is 13.5. The zero-order valence-electron chi connectivity index (χ0n) is 13.4. The lowest BCUT2D eigenvalue weighted by molar-refractivity contribution is 0.0771. The van der Waals surface area contributed by atoms with Crippen LogP contribution >= 0.6 is 22.7 Å². The second kappa shape index (κ2) is 6.55. The minimum atomic E-state index is -3.24. The van der Waals surface area contributed by atoms with Crippen LogP contribution in [0.3, 0.4) is 0 Å². The highest BCUT2D eigenvalue weighted by atomic mass is 32.2. The standard InChI is InChI=1S/C18H17NO3S3/c20-18(16-12-13-4-1-2-5-14(13)24-16)19-8-7-17(15-6-3-10-23-15)25(21,22)11-9-19/h1-6,10,12,17H,7-9,11H2. The lowest BCUT2D eigenvalue weighted by atomic mass is 10.2. The van der Waals surface area contributed by atoms with E-state index in [1.165, 1.54) is 22.7 Å². The smallest absolute Gasteiger partial charge is 0.263 e. The van der Waals surface area contributed by atoms with Crippen molar-refractivity contribution in [3.8, 4) is 0 Å². The van der Waals surface area contributed by atoms with Crippen LogP contribution in [0.4, 0.5) is 0 Å². The molecule has 3 aromatic rings. The van der Waals surface area contributed by atoms with Gasteiger partial charge in [0.2, 0.25) is 0 Å². The Morgan fingerprint density at radius 3 is 2.72 bits per heavy atom. The van der Waals surface area contributed by atoms with E-state index < -0.39 is 15.1 Å². The summed E-state index contributed by atoms with van der Waals surface area (Å²) in [6.07, 6.45) is 0.458. The molecule has 0 N–H and O–H groups in total. The Balaban J connectivity index is 1.58. The SMILES string of the molecule is O=C(c1cc2ccccc2s1)N1CCC(c2cccs2)S(=O)(=O)CC1. The molecule has 2 aromatic heterocycles. The van der Waals surface area contributed by atoms with Gasteiger partial charge in [0, 0.05) is 22.7 Å². The zero-order chi connectivity index (χ0) is 17.4. The Morgan fingerprint density at radius 1 is 1.12 bits per heavy atom. The molecule has 3 heterocycles. The molecule has 1 saturated heterocycles. The van der Waals surface area contributed by atoms with Gasteiger partial charge in [0.1, 0.15) is 0 Å². The number of amides is 1. The monoisotopic (exact) mass is 391 g/mol. The summed E-state index contributed by atoms with van der Waals surface area (Å²) in [6.45, 7) is 0.728. The molecule has 1 amide bonds. The highest BCUT2D eigenvalue weighted by Crippen LogP contribution is 2.33. The fraction of sp³-hybridized carbons (Fsp3) is 0.278. The number of carbonyl (C=O) groups excluding carboxylic acids is 1. The number of nitrogens with zero attached hydrogens (tertiary/aromatic N) is 1. The third-order valence-electron chi connectivity index (χ3n) is 4.52. The molecule has 7 heteroatoms. The molecule has 0 saturated carbocycles. The lowest BCUT2D eigenvalue weighted by Crippen LogP contribution is -2.33. The first-order valence-electron chi connectivity index (χ1n) is 8.07. The number of benzene rings is 1. The van der Waals surface area contributed by atoms with Crippen molar-refractivity contribution >= 4 is 48.5 Å². The van der Waals surface area contributed by atoms with E-state index in [9.17, 15) is 13.2 Å². The first-order valence-corrected chi connectivity index (χ1v) is 11.5. The molecule has 4 nitrogen and oxygen atoms in total. The first kappa shape index (κ1) is 16.8. The normalized spacial score (nSPS) is 20.5. The second-order valence-electron chi connectivity index (χ2n) is 6.10. The minimum Gasteiger partial charge on any atom is -0.337 e. The van der Waals surface area contributed by atoms with Crippen LogP contribution in [0.5, 0.6) is 0 Å². The van der Waals surface area contributed by atoms with Gasteiger partial charge in [-0.05, 0) is 35.4 Å². The molecule has 0 radical (unpaired) electrons. The number of hydrogen-bond acceptors (Lipinski definition) is 5. The van der Waals surface area contributed by atoms with Crippen LogP contribution in [0.1, 0.15) is 26.2 Å². The van der Waals surface area contributed by atoms with Crippen LogP contribution in [-0.4, -0.2) is 38.1 Å². The van der Waals surface area contributed by atoms with Gasteiger partial charge in [-0.25, -0.2) is 8.42 Å². The van der Waals surface area contributed by atoms with Crippen molar-refractivity contribution < 1.29 is 13.2 Å². The molecule has 130 valence electrons. The molecule has 1 atom stereocenters. The van der Waals surface area contributed by atoms with Gasteiger partial charge in [-0.1, -0.05) is 24.3 Å². The summed E-state index contributed by atoms with van der Waals surface area (Å²) < 4.78 is 26.3. The van der Waals surface area contributed by atoms with Crippen LogP contribution in [-0.2, 0) is 9.84 Å². The lowest BCUT2D eigenvalue weighted by Gasteiger charge is -2.18. The summed E-state index contributed by atoms with van der Waals surface area (Å²) in [7, 11) is -3.24. The van der Waals surface area contributed by atoms with Gasteiger partial charge in [0.05, 0.1) is 15.9 Å². The average molecular weight is 392 g/mol. The fourth-order valence-electron chi connectivity index (χ4n) is 3.18. The van der Waals surface area contributed by atoms with Gasteiger partial charge >= 0.3 is 0 Å². The summed E-state index contributed by atoms with van der Waals surface area (Å²) in [5, 5.41) is 2.46. The highest BCUT2D eigenvalue weighted by Gasteiger charge is 2.33. The molecule has 1 aliphatic heterocycles. The number of fused-ring (bicyclic) bond motifs is 1. The minimum absolute atomic E-state index is 0.0200. The van der Waals surface area contributed by atoms with E-state index in [2.05, 4.69) is 0 Å². The van der Waals surface area contributed by atoms with Gasteiger partial charge in [0.25, 0.3) is 5.91 Å². The van der Waals surface area contributed by atoms with E-state index in [0.717, 1.165) is 15.0 Å². The molecule has 0 aliphatic carbocycles. The van der Waals surface area contributed by atoms with Crippen LogP contribution in [0.15, 0.2) is 47.8 Å². The van der Waals surface area contributed by atoms with Gasteiger partial charge in [-0.2, -0.15) is 0 Å². The van der Waals surface area contributed by atoms with E-state index in [-0.39, 0.29) is 18.2 Å². The van der Waals surface area contributed by atoms with Crippen molar-refractivity contribution in [3.05, 3.63) is 57.6 Å². The van der Waals surface area contributed by atoms with E-state index in [1.807, 2.05) is 47.8 Å². The predicted molar refractivity (Wildman–Crippen MR) is 103 cm³/mol. The van der Waals surface area contributed by atoms with Crippen molar-refractivity contribution in [2.45, 2.75) is 11.7 Å². The topological polar surface area (TPSA) is 54.5 Å². The Bertz CT molecular complexity index is 972. The van der Waals surface area contributed by atoms with Gasteiger partial charge < -0.3 is 4.90 Å². The Hall–Kier alpha value is -1.70. The molecule has 25 heavy (non-hydrogen) atoms. The van der Waals surface area contributed by atoms with Crippen molar-refractivity contribution in [2.24, 2.45) is 0 Å². The van der Waals surface area contributed by atoms with E-state index in [4.69, 9.17) is 0 Å². The van der Waals surface area contributed by atoms with Crippen molar-refractivity contribution in [1.29, 1.82) is 0 Å². The van der Waals surface area contributed by atoms with Crippen LogP contribution < -0.4 is 0 Å². The number of carbonyl (C=O) groups is 1. The summed E-state index contributed by atoms with van der Waals surface area (Å²) in [4.78, 5) is 16.1. The molecule has 1 fully saturated rings. The number of hydrogen-bond donors (Lipinski definition) is 0.